The van der Waals surface area contributed by atoms with Crippen molar-refractivity contribution in [3.8, 4) is 16.6 Å². The number of oxazole rings is 1. The van der Waals surface area contributed by atoms with Crippen molar-refractivity contribution in [3.63, 3.8) is 0 Å². The summed E-state index contributed by atoms with van der Waals surface area (Å²) < 4.78 is 10.8. The van der Waals surface area contributed by atoms with Gasteiger partial charge in [0.05, 0.1) is 23.6 Å². The van der Waals surface area contributed by atoms with E-state index in [0.717, 1.165) is 4.88 Å². The number of aromatic nitrogens is 2. The Kier molecular flexibility index (Phi) is 4.68. The summed E-state index contributed by atoms with van der Waals surface area (Å²) in [7, 11) is 0. The van der Waals surface area contributed by atoms with Gasteiger partial charge in [0, 0.05) is 6.20 Å². The summed E-state index contributed by atoms with van der Waals surface area (Å²) in [6.07, 6.45) is 3.24. The van der Waals surface area contributed by atoms with E-state index in [0.29, 0.717) is 29.8 Å². The van der Waals surface area contributed by atoms with Crippen molar-refractivity contribution < 1.29 is 13.9 Å². The third kappa shape index (κ3) is 3.75. The van der Waals surface area contributed by atoms with Gasteiger partial charge in [-0.05, 0) is 30.5 Å². The van der Waals surface area contributed by atoms with Crippen LogP contribution in [0.2, 0.25) is 0 Å². The molecule has 118 valence electrons. The Morgan fingerprint density at radius 1 is 1.39 bits per heavy atom. The van der Waals surface area contributed by atoms with E-state index in [-0.39, 0.29) is 12.3 Å². The van der Waals surface area contributed by atoms with Gasteiger partial charge in [0.2, 0.25) is 17.7 Å². The van der Waals surface area contributed by atoms with Crippen LogP contribution in [0.3, 0.4) is 0 Å². The second-order valence-electron chi connectivity index (χ2n) is 4.64. The number of anilines is 1. The van der Waals surface area contributed by atoms with Crippen LogP contribution in [0.15, 0.2) is 46.5 Å². The highest BCUT2D eigenvalue weighted by Gasteiger charge is 2.13. The largest absolute Gasteiger partial charge is 0.476 e. The first-order valence-electron chi connectivity index (χ1n) is 7.12. The average molecular weight is 329 g/mol. The lowest BCUT2D eigenvalue weighted by atomic mass is 10.3. The number of ether oxygens (including phenoxy) is 1. The fraction of sp³-hybridized carbons (Fsp3) is 0.188. The lowest BCUT2D eigenvalue weighted by molar-refractivity contribution is -0.115. The lowest BCUT2D eigenvalue weighted by Gasteiger charge is -2.09. The van der Waals surface area contributed by atoms with E-state index in [1.165, 1.54) is 17.6 Å². The topological polar surface area (TPSA) is 77.2 Å². The minimum absolute atomic E-state index is 0.120. The highest BCUT2D eigenvalue weighted by molar-refractivity contribution is 7.13. The lowest BCUT2D eigenvalue weighted by Crippen LogP contribution is -2.15. The Hall–Kier alpha value is -2.67. The van der Waals surface area contributed by atoms with Gasteiger partial charge in [-0.25, -0.2) is 9.97 Å². The summed E-state index contributed by atoms with van der Waals surface area (Å²) in [5.41, 5.74) is 1.12. The highest BCUT2D eigenvalue weighted by Crippen LogP contribution is 2.24. The molecule has 0 saturated carbocycles. The molecular formula is C16H15N3O3S. The Bertz CT molecular complexity index is 783. The smallest absolute Gasteiger partial charge is 0.237 e. The third-order valence-corrected chi connectivity index (χ3v) is 3.81. The van der Waals surface area contributed by atoms with Gasteiger partial charge in [0.25, 0.3) is 0 Å². The second-order valence-corrected chi connectivity index (χ2v) is 5.58. The number of carbonyl (C=O) groups excluding carboxylic acids is 1. The minimum Gasteiger partial charge on any atom is -0.476 e. The van der Waals surface area contributed by atoms with Crippen LogP contribution < -0.4 is 10.1 Å². The van der Waals surface area contributed by atoms with Gasteiger partial charge in [-0.15, -0.1) is 11.3 Å². The molecule has 0 atom stereocenters. The molecule has 23 heavy (non-hydrogen) atoms. The van der Waals surface area contributed by atoms with Gasteiger partial charge in [-0.2, -0.15) is 0 Å². The fourth-order valence-electron chi connectivity index (χ4n) is 2.00. The maximum atomic E-state index is 12.2. The summed E-state index contributed by atoms with van der Waals surface area (Å²) in [5.74, 6) is 0.729. The Morgan fingerprint density at radius 2 is 2.30 bits per heavy atom. The van der Waals surface area contributed by atoms with Crippen molar-refractivity contribution in [2.45, 2.75) is 13.3 Å². The molecule has 0 saturated heterocycles. The number of nitrogens with one attached hydrogen (secondary N) is 1. The van der Waals surface area contributed by atoms with Crippen LogP contribution in [-0.2, 0) is 11.2 Å². The van der Waals surface area contributed by atoms with Gasteiger partial charge < -0.3 is 14.5 Å². The fourth-order valence-corrected chi connectivity index (χ4v) is 2.65. The van der Waals surface area contributed by atoms with Crippen molar-refractivity contribution in [2.24, 2.45) is 0 Å². The Morgan fingerprint density at radius 3 is 3.09 bits per heavy atom. The number of amides is 1. The van der Waals surface area contributed by atoms with Crippen LogP contribution in [0.1, 0.15) is 12.6 Å². The average Bonchev–Trinajstić information content (AvgIpc) is 3.20. The van der Waals surface area contributed by atoms with Crippen LogP contribution in [0.25, 0.3) is 10.8 Å². The molecule has 0 aliphatic rings. The van der Waals surface area contributed by atoms with Gasteiger partial charge in [-0.3, -0.25) is 4.79 Å². The van der Waals surface area contributed by atoms with E-state index in [9.17, 15) is 4.79 Å². The predicted octanol–water partition coefficient (Wildman–Crippen LogP) is 3.38. The quantitative estimate of drug-likeness (QED) is 0.750. The molecule has 0 aliphatic heterocycles. The molecular weight excluding hydrogens is 314 g/mol. The zero-order chi connectivity index (χ0) is 16.1. The SMILES string of the molecule is CCOc1ncccc1NC(=O)Cc1coc(-c2cccs2)n1. The molecule has 7 heteroatoms. The monoisotopic (exact) mass is 329 g/mol. The number of rotatable bonds is 6. The van der Waals surface area contributed by atoms with Crippen molar-refractivity contribution in [1.82, 2.24) is 9.97 Å². The van der Waals surface area contributed by atoms with Gasteiger partial charge >= 0.3 is 0 Å². The number of pyridine rings is 1. The highest BCUT2D eigenvalue weighted by atomic mass is 32.1. The van der Waals surface area contributed by atoms with Crippen LogP contribution in [0.4, 0.5) is 5.69 Å². The third-order valence-electron chi connectivity index (χ3n) is 2.95. The van der Waals surface area contributed by atoms with E-state index in [1.54, 1.807) is 18.3 Å². The maximum absolute atomic E-state index is 12.2. The number of hydrogen-bond acceptors (Lipinski definition) is 6. The van der Waals surface area contributed by atoms with Gasteiger partial charge in [0.15, 0.2) is 0 Å². The van der Waals surface area contributed by atoms with Crippen LogP contribution in [-0.4, -0.2) is 22.5 Å². The molecule has 0 radical (unpaired) electrons. The van der Waals surface area contributed by atoms with E-state index < -0.39 is 0 Å². The van der Waals surface area contributed by atoms with Crippen LogP contribution >= 0.6 is 11.3 Å². The summed E-state index contributed by atoms with van der Waals surface area (Å²) in [6.45, 7) is 2.34. The predicted molar refractivity (Wildman–Crippen MR) is 87.6 cm³/mol. The van der Waals surface area contributed by atoms with E-state index >= 15 is 0 Å². The number of carbonyl (C=O) groups is 1. The molecule has 0 fully saturated rings. The molecule has 6 nitrogen and oxygen atoms in total. The summed E-state index contributed by atoms with van der Waals surface area (Å²) in [5, 5.41) is 4.73. The molecule has 0 unspecified atom stereocenters. The molecule has 3 aromatic rings. The van der Waals surface area contributed by atoms with Crippen LogP contribution in [0.5, 0.6) is 5.88 Å². The Balaban J connectivity index is 1.66. The summed E-state index contributed by atoms with van der Waals surface area (Å²) in [4.78, 5) is 21.5. The van der Waals surface area contributed by atoms with Gasteiger partial charge in [0.1, 0.15) is 12.0 Å². The molecule has 1 amide bonds. The molecule has 3 aromatic heterocycles. The van der Waals surface area contributed by atoms with Crippen molar-refractivity contribution in [2.75, 3.05) is 11.9 Å². The number of hydrogen-bond donors (Lipinski definition) is 1. The molecule has 0 spiro atoms. The van der Waals surface area contributed by atoms with Crippen molar-refractivity contribution in [1.29, 1.82) is 0 Å². The first-order valence-corrected chi connectivity index (χ1v) is 8.00. The van der Waals surface area contributed by atoms with Crippen LogP contribution in [0, 0.1) is 0 Å². The molecule has 0 aromatic carbocycles. The van der Waals surface area contributed by atoms with E-state index in [1.807, 2.05) is 24.4 Å². The molecule has 0 bridgehead atoms. The summed E-state index contributed by atoms with van der Waals surface area (Å²) in [6, 6.07) is 7.33. The van der Waals surface area contributed by atoms with E-state index in [2.05, 4.69) is 15.3 Å². The molecule has 3 rings (SSSR count). The first-order chi connectivity index (χ1) is 11.3. The standard InChI is InChI=1S/C16H15N3O3S/c1-2-21-15-12(5-3-7-17-15)19-14(20)9-11-10-22-16(18-11)13-6-4-8-23-13/h3-8,10H,2,9H2,1H3,(H,19,20). The molecule has 1 N–H and O–H groups in total. The van der Waals surface area contributed by atoms with Crippen molar-refractivity contribution >= 4 is 22.9 Å². The molecule has 0 aliphatic carbocycles. The maximum Gasteiger partial charge on any atom is 0.237 e. The first kappa shape index (κ1) is 15.2. The normalized spacial score (nSPS) is 10.5. The minimum atomic E-state index is -0.204. The van der Waals surface area contributed by atoms with Gasteiger partial charge in [-0.1, -0.05) is 6.07 Å². The molecule has 3 heterocycles. The van der Waals surface area contributed by atoms with Crippen molar-refractivity contribution in [3.05, 3.63) is 47.8 Å². The zero-order valence-corrected chi connectivity index (χ0v) is 13.3. The second kappa shape index (κ2) is 7.06. The number of thiophene rings is 1. The summed E-state index contributed by atoms with van der Waals surface area (Å²) >= 11 is 1.54. The Labute approximate surface area is 137 Å². The van der Waals surface area contributed by atoms with E-state index in [4.69, 9.17) is 9.15 Å². The zero-order valence-electron chi connectivity index (χ0n) is 12.5. The number of nitrogens with zero attached hydrogens (tertiary/aromatic N) is 2.